The molecule has 0 fully saturated rings. The lowest BCUT2D eigenvalue weighted by Crippen LogP contribution is -2.28. The molecule has 0 spiro atoms. The molecule has 2 aromatic rings. The number of nitrogens with zero attached hydrogens (tertiary/aromatic N) is 2. The normalized spacial score (nSPS) is 17.9. The standard InChI is InChI=1S/C43H61N2O2S/c1-9-11-13-18-22-30-44-38-28-26-34(3)32-36(38)42(4,5)40(44)24-20-16-15-17-21-25-41-43(6,7)37-33-35(48(8,46)47)27-29-39(37)45(41)31-23-19-14-12-10-2/h15-17,20-21,24-29,32-33H,9-14,18-19,22-23,30-31H2,1-8H3/q+1. The molecule has 0 saturated heterocycles. The van der Waals surface area contributed by atoms with Crippen LogP contribution in [0.4, 0.5) is 11.4 Å². The maximum Gasteiger partial charge on any atom is 0.209 e. The summed E-state index contributed by atoms with van der Waals surface area (Å²) < 4.78 is 27.4. The van der Waals surface area contributed by atoms with Crippen LogP contribution in [0.3, 0.4) is 0 Å². The van der Waals surface area contributed by atoms with Crippen LogP contribution in [0.15, 0.2) is 89.5 Å². The average molecular weight is 670 g/mol. The van der Waals surface area contributed by atoms with Gasteiger partial charge in [0.25, 0.3) is 0 Å². The molecule has 48 heavy (non-hydrogen) atoms. The van der Waals surface area contributed by atoms with Crippen molar-refractivity contribution in [2.75, 3.05) is 24.2 Å². The number of rotatable bonds is 17. The fraction of sp³-hybridized carbons (Fsp3) is 0.512. The smallest absolute Gasteiger partial charge is 0.209 e. The maximum atomic E-state index is 12.4. The number of sulfone groups is 1. The van der Waals surface area contributed by atoms with Crippen molar-refractivity contribution in [2.45, 2.75) is 128 Å². The van der Waals surface area contributed by atoms with Crippen molar-refractivity contribution in [3.05, 3.63) is 101 Å². The Kier molecular flexibility index (Phi) is 12.9. The highest BCUT2D eigenvalue weighted by atomic mass is 32.2. The van der Waals surface area contributed by atoms with Gasteiger partial charge in [-0.15, -0.1) is 0 Å². The number of hydrogen-bond donors (Lipinski definition) is 0. The van der Waals surface area contributed by atoms with E-state index in [-0.39, 0.29) is 10.8 Å². The molecule has 4 nitrogen and oxygen atoms in total. The first-order valence-electron chi connectivity index (χ1n) is 18.4. The van der Waals surface area contributed by atoms with Gasteiger partial charge in [-0.3, -0.25) is 0 Å². The Morgan fingerprint density at radius 2 is 1.38 bits per heavy atom. The second kappa shape index (κ2) is 16.5. The molecule has 0 saturated carbocycles. The largest absolute Gasteiger partial charge is 0.344 e. The summed E-state index contributed by atoms with van der Waals surface area (Å²) in [6, 6.07) is 12.6. The third-order valence-electron chi connectivity index (χ3n) is 10.3. The molecule has 0 N–H and O–H groups in total. The summed E-state index contributed by atoms with van der Waals surface area (Å²) in [7, 11) is -3.28. The molecule has 0 amide bonds. The lowest BCUT2D eigenvalue weighted by atomic mass is 9.81. The Morgan fingerprint density at radius 3 is 2.06 bits per heavy atom. The third-order valence-corrected chi connectivity index (χ3v) is 11.4. The van der Waals surface area contributed by atoms with Crippen LogP contribution in [0.5, 0.6) is 0 Å². The fourth-order valence-electron chi connectivity index (χ4n) is 7.39. The summed E-state index contributed by atoms with van der Waals surface area (Å²) in [6.45, 7) is 17.8. The number of fused-ring (bicyclic) bond motifs is 2. The van der Waals surface area contributed by atoms with Crippen LogP contribution in [0.1, 0.15) is 122 Å². The van der Waals surface area contributed by atoms with Gasteiger partial charge in [-0.1, -0.05) is 115 Å². The number of benzene rings is 2. The molecule has 2 heterocycles. The molecule has 2 aliphatic rings. The zero-order valence-electron chi connectivity index (χ0n) is 31.1. The van der Waals surface area contributed by atoms with Gasteiger partial charge in [0, 0.05) is 53.7 Å². The van der Waals surface area contributed by atoms with Crippen LogP contribution in [-0.4, -0.2) is 38.1 Å². The quantitative estimate of drug-likeness (QED) is 0.0956. The minimum atomic E-state index is -3.28. The summed E-state index contributed by atoms with van der Waals surface area (Å²) >= 11 is 0. The zero-order valence-corrected chi connectivity index (χ0v) is 31.9. The molecule has 5 heteroatoms. The van der Waals surface area contributed by atoms with Crippen molar-refractivity contribution < 1.29 is 13.0 Å². The van der Waals surface area contributed by atoms with Crippen LogP contribution in [0.25, 0.3) is 0 Å². The second-order valence-corrected chi connectivity index (χ2v) is 16.9. The molecule has 2 aliphatic heterocycles. The van der Waals surface area contributed by atoms with Gasteiger partial charge in [-0.2, -0.15) is 4.58 Å². The maximum absolute atomic E-state index is 12.4. The molecule has 0 unspecified atom stereocenters. The Balaban J connectivity index is 1.54. The van der Waals surface area contributed by atoms with E-state index in [0.29, 0.717) is 4.90 Å². The molecular formula is C43H61N2O2S+. The number of hydrogen-bond acceptors (Lipinski definition) is 3. The summed E-state index contributed by atoms with van der Waals surface area (Å²) in [5, 5.41) is 0. The van der Waals surface area contributed by atoms with E-state index in [9.17, 15) is 8.42 Å². The Labute approximate surface area is 293 Å². The van der Waals surface area contributed by atoms with Crippen LogP contribution in [0, 0.1) is 6.92 Å². The van der Waals surface area contributed by atoms with Gasteiger partial charge in [0.2, 0.25) is 5.69 Å². The first-order valence-corrected chi connectivity index (χ1v) is 20.3. The summed E-state index contributed by atoms with van der Waals surface area (Å²) in [5.74, 6) is 0. The van der Waals surface area contributed by atoms with E-state index >= 15 is 0 Å². The first-order chi connectivity index (χ1) is 22.8. The Bertz CT molecular complexity index is 1680. The highest BCUT2D eigenvalue weighted by molar-refractivity contribution is 7.90. The summed E-state index contributed by atoms with van der Waals surface area (Å²) in [6.07, 6.45) is 28.9. The van der Waals surface area contributed by atoms with Gasteiger partial charge in [-0.05, 0) is 69.5 Å². The molecule has 260 valence electrons. The van der Waals surface area contributed by atoms with E-state index < -0.39 is 9.84 Å². The van der Waals surface area contributed by atoms with Crippen molar-refractivity contribution in [1.29, 1.82) is 0 Å². The van der Waals surface area contributed by atoms with E-state index in [0.717, 1.165) is 30.8 Å². The summed E-state index contributed by atoms with van der Waals surface area (Å²) in [5.41, 5.74) is 8.53. The van der Waals surface area contributed by atoms with Crippen LogP contribution >= 0.6 is 0 Å². The number of anilines is 1. The molecule has 0 radical (unpaired) electrons. The van der Waals surface area contributed by atoms with Gasteiger partial charge in [0.1, 0.15) is 6.54 Å². The molecule has 0 bridgehead atoms. The van der Waals surface area contributed by atoms with Gasteiger partial charge >= 0.3 is 0 Å². The predicted octanol–water partition coefficient (Wildman–Crippen LogP) is 11.1. The lowest BCUT2D eigenvalue weighted by molar-refractivity contribution is -0.438. The van der Waals surface area contributed by atoms with E-state index in [4.69, 9.17) is 0 Å². The number of allylic oxidation sites excluding steroid dienone is 8. The molecule has 2 aromatic carbocycles. The molecule has 4 rings (SSSR count). The zero-order chi connectivity index (χ0) is 35.0. The van der Waals surface area contributed by atoms with Gasteiger partial charge in [0.05, 0.1) is 10.3 Å². The van der Waals surface area contributed by atoms with E-state index in [2.05, 4.69) is 119 Å². The van der Waals surface area contributed by atoms with Crippen LogP contribution < -0.4 is 4.90 Å². The van der Waals surface area contributed by atoms with E-state index in [1.54, 1.807) is 6.07 Å². The first kappa shape index (κ1) is 37.6. The van der Waals surface area contributed by atoms with Gasteiger partial charge in [-0.25, -0.2) is 8.42 Å². The summed E-state index contributed by atoms with van der Waals surface area (Å²) in [4.78, 5) is 2.80. The highest BCUT2D eigenvalue weighted by Crippen LogP contribution is 2.48. The third kappa shape index (κ3) is 8.69. The molecule has 0 aliphatic carbocycles. The molecular weight excluding hydrogens is 609 g/mol. The topological polar surface area (TPSA) is 40.4 Å². The van der Waals surface area contributed by atoms with E-state index in [1.807, 2.05) is 12.1 Å². The van der Waals surface area contributed by atoms with Crippen LogP contribution in [-0.2, 0) is 20.7 Å². The Hall–Kier alpha value is -3.18. The highest BCUT2D eigenvalue weighted by Gasteiger charge is 2.44. The number of unbranched alkanes of at least 4 members (excludes halogenated alkanes) is 8. The fourth-order valence-corrected chi connectivity index (χ4v) is 8.04. The average Bonchev–Trinajstić information content (AvgIpc) is 3.37. The van der Waals surface area contributed by atoms with Gasteiger partial charge < -0.3 is 4.90 Å². The number of aryl methyl sites for hydroxylation is 1. The second-order valence-electron chi connectivity index (χ2n) is 14.9. The molecule has 0 atom stereocenters. The van der Waals surface area contributed by atoms with Gasteiger partial charge in [0.15, 0.2) is 15.5 Å². The van der Waals surface area contributed by atoms with Crippen LogP contribution in [0.2, 0.25) is 0 Å². The molecule has 0 aromatic heterocycles. The van der Waals surface area contributed by atoms with Crippen molar-refractivity contribution in [1.82, 2.24) is 0 Å². The van der Waals surface area contributed by atoms with Crippen molar-refractivity contribution >= 4 is 26.9 Å². The Morgan fingerprint density at radius 1 is 0.729 bits per heavy atom. The van der Waals surface area contributed by atoms with Crippen molar-refractivity contribution in [2.24, 2.45) is 0 Å². The minimum Gasteiger partial charge on any atom is -0.344 e. The van der Waals surface area contributed by atoms with Crippen molar-refractivity contribution in [3.63, 3.8) is 0 Å². The predicted molar refractivity (Wildman–Crippen MR) is 207 cm³/mol. The van der Waals surface area contributed by atoms with Crippen molar-refractivity contribution in [3.8, 4) is 0 Å². The van der Waals surface area contributed by atoms with E-state index in [1.165, 1.54) is 92.3 Å². The monoisotopic (exact) mass is 669 g/mol. The SMILES string of the molecule is CCCCCCCN1C(=CC=CC=CC=CC2=[N+](CCCCCCC)c3ccc(C)cc3C2(C)C)C(C)(C)c2cc(S(C)(=O)=O)ccc21. The minimum absolute atomic E-state index is 0.0462. The lowest BCUT2D eigenvalue weighted by Gasteiger charge is -2.27.